The van der Waals surface area contributed by atoms with Crippen molar-refractivity contribution in [1.29, 1.82) is 0 Å². The van der Waals surface area contributed by atoms with Gasteiger partial charge >= 0.3 is 5.97 Å². The molecular formula is C16H16N2O4S. The van der Waals surface area contributed by atoms with E-state index in [0.29, 0.717) is 0 Å². The van der Waals surface area contributed by atoms with Gasteiger partial charge in [0.2, 0.25) is 5.91 Å². The fourth-order valence-corrected chi connectivity index (χ4v) is 3.68. The first-order chi connectivity index (χ1) is 11.0. The third-order valence-electron chi connectivity index (χ3n) is 3.95. The maximum absolute atomic E-state index is 12.3. The van der Waals surface area contributed by atoms with Gasteiger partial charge in [-0.2, -0.15) is 0 Å². The molecular weight excluding hydrogens is 316 g/mol. The molecule has 2 N–H and O–H groups in total. The highest BCUT2D eigenvalue weighted by molar-refractivity contribution is 7.10. The Morgan fingerprint density at radius 1 is 1.43 bits per heavy atom. The molecule has 0 saturated heterocycles. The van der Waals surface area contributed by atoms with Crippen LogP contribution >= 0.6 is 11.3 Å². The van der Waals surface area contributed by atoms with Gasteiger partial charge in [0, 0.05) is 22.9 Å². The number of thiophene rings is 1. The van der Waals surface area contributed by atoms with Crippen molar-refractivity contribution in [3.05, 3.63) is 50.1 Å². The van der Waals surface area contributed by atoms with Crippen LogP contribution in [0, 0.1) is 12.8 Å². The Bertz CT molecular complexity index is 823. The fourth-order valence-electron chi connectivity index (χ4n) is 2.58. The second kappa shape index (κ2) is 6.00. The molecule has 0 radical (unpaired) electrons. The van der Waals surface area contributed by atoms with Gasteiger partial charge in [-0.25, -0.2) is 4.79 Å². The van der Waals surface area contributed by atoms with E-state index in [4.69, 9.17) is 0 Å². The quantitative estimate of drug-likeness (QED) is 0.841. The summed E-state index contributed by atoms with van der Waals surface area (Å²) in [4.78, 5) is 39.3. The van der Waals surface area contributed by atoms with E-state index in [1.54, 1.807) is 11.3 Å². The van der Waals surface area contributed by atoms with Crippen molar-refractivity contribution < 1.29 is 14.3 Å². The summed E-state index contributed by atoms with van der Waals surface area (Å²) < 4.78 is 4.60. The van der Waals surface area contributed by atoms with E-state index >= 15 is 0 Å². The topological polar surface area (TPSA) is 88.3 Å². The van der Waals surface area contributed by atoms with Crippen molar-refractivity contribution in [2.45, 2.75) is 19.3 Å². The van der Waals surface area contributed by atoms with Crippen molar-refractivity contribution in [1.82, 2.24) is 4.98 Å². The monoisotopic (exact) mass is 332 g/mol. The number of aromatic amines is 1. The molecule has 2 aromatic heterocycles. The number of anilines is 1. The Kier molecular flexibility index (Phi) is 4.04. The maximum atomic E-state index is 12.3. The van der Waals surface area contributed by atoms with E-state index in [9.17, 15) is 14.4 Å². The average molecular weight is 332 g/mol. The lowest BCUT2D eigenvalue weighted by Crippen LogP contribution is -2.22. The van der Waals surface area contributed by atoms with Crippen molar-refractivity contribution in [2.75, 3.05) is 12.4 Å². The molecule has 0 aliphatic heterocycles. The van der Waals surface area contributed by atoms with Gasteiger partial charge in [0.1, 0.15) is 5.69 Å². The molecule has 6 nitrogen and oxygen atoms in total. The summed E-state index contributed by atoms with van der Waals surface area (Å²) in [6.07, 6.45) is 2.04. The van der Waals surface area contributed by atoms with E-state index in [-0.39, 0.29) is 29.0 Å². The Morgan fingerprint density at radius 3 is 2.87 bits per heavy atom. The van der Waals surface area contributed by atoms with Crippen LogP contribution in [-0.2, 0) is 9.53 Å². The predicted molar refractivity (Wildman–Crippen MR) is 86.9 cm³/mol. The Balaban J connectivity index is 1.73. The molecule has 1 aliphatic carbocycles. The van der Waals surface area contributed by atoms with Gasteiger partial charge in [0.05, 0.1) is 12.7 Å². The molecule has 0 bridgehead atoms. The van der Waals surface area contributed by atoms with E-state index in [0.717, 1.165) is 6.42 Å². The van der Waals surface area contributed by atoms with Gasteiger partial charge in [-0.1, -0.05) is 0 Å². The second-order valence-electron chi connectivity index (χ2n) is 5.53. The molecule has 3 rings (SSSR count). The highest BCUT2D eigenvalue weighted by Crippen LogP contribution is 2.50. The third kappa shape index (κ3) is 3.05. The first kappa shape index (κ1) is 15.5. The molecule has 0 unspecified atom stereocenters. The minimum absolute atomic E-state index is 0.0615. The fraction of sp³-hybridized carbons (Fsp3) is 0.312. The molecule has 1 fully saturated rings. The number of pyridine rings is 1. The lowest BCUT2D eigenvalue weighted by atomic mass is 10.2. The van der Waals surface area contributed by atoms with Crippen LogP contribution in [0.1, 0.15) is 33.1 Å². The zero-order chi connectivity index (χ0) is 16.6. The number of rotatable bonds is 4. The summed E-state index contributed by atoms with van der Waals surface area (Å²) in [5.41, 5.74) is 0.992. The first-order valence-electron chi connectivity index (χ1n) is 7.17. The Morgan fingerprint density at radius 2 is 2.22 bits per heavy atom. The molecule has 1 saturated carbocycles. The van der Waals surface area contributed by atoms with E-state index < -0.39 is 11.5 Å². The summed E-state index contributed by atoms with van der Waals surface area (Å²) in [7, 11) is 1.25. The number of ether oxygens (including phenoxy) is 1. The Hall–Kier alpha value is -2.41. The summed E-state index contributed by atoms with van der Waals surface area (Å²) in [5.74, 6) is -0.683. The predicted octanol–water partition coefficient (Wildman–Crippen LogP) is 2.27. The molecule has 23 heavy (non-hydrogen) atoms. The largest absolute Gasteiger partial charge is 0.465 e. The van der Waals surface area contributed by atoms with Gasteiger partial charge in [0.25, 0.3) is 5.56 Å². The number of hydrogen-bond donors (Lipinski definition) is 2. The Labute approximate surface area is 136 Å². The molecule has 0 aromatic carbocycles. The summed E-state index contributed by atoms with van der Waals surface area (Å²) in [6.45, 7) is 2.03. The first-order valence-corrected chi connectivity index (χ1v) is 8.05. The van der Waals surface area contributed by atoms with Gasteiger partial charge in [0.15, 0.2) is 0 Å². The normalized spacial score (nSPS) is 19.2. The van der Waals surface area contributed by atoms with Crippen LogP contribution in [0.25, 0.3) is 0 Å². The third-order valence-corrected chi connectivity index (χ3v) is 5.10. The lowest BCUT2D eigenvalue weighted by Gasteiger charge is -2.06. The molecule has 0 spiro atoms. The number of methoxy groups -OCH3 is 1. The smallest absolute Gasteiger partial charge is 0.339 e. The number of aromatic nitrogens is 1. The number of nitrogens with one attached hydrogen (secondary N) is 2. The number of aryl methyl sites for hydroxylation is 1. The minimum atomic E-state index is -0.574. The molecule has 1 amide bonds. The van der Waals surface area contributed by atoms with Gasteiger partial charge in [-0.3, -0.25) is 9.59 Å². The SMILES string of the molecule is COC(=O)c1c[nH]c(=O)c(NC(=O)[C@@H]2C[C@H]2c2sccc2C)c1. The molecule has 1 aliphatic rings. The highest BCUT2D eigenvalue weighted by Gasteiger charge is 2.45. The van der Waals surface area contributed by atoms with Gasteiger partial charge in [-0.05, 0) is 36.4 Å². The van der Waals surface area contributed by atoms with E-state index in [1.807, 2.05) is 18.4 Å². The van der Waals surface area contributed by atoms with Crippen molar-refractivity contribution in [3.8, 4) is 0 Å². The molecule has 2 heterocycles. The van der Waals surface area contributed by atoms with Crippen molar-refractivity contribution in [2.24, 2.45) is 5.92 Å². The molecule has 2 atom stereocenters. The zero-order valence-electron chi connectivity index (χ0n) is 12.7. The van der Waals surface area contributed by atoms with Gasteiger partial charge in [-0.15, -0.1) is 11.3 Å². The van der Waals surface area contributed by atoms with Crippen LogP contribution in [-0.4, -0.2) is 24.0 Å². The van der Waals surface area contributed by atoms with Crippen LogP contribution in [0.2, 0.25) is 0 Å². The highest BCUT2D eigenvalue weighted by atomic mass is 32.1. The maximum Gasteiger partial charge on any atom is 0.339 e. The van der Waals surface area contributed by atoms with E-state index in [2.05, 4.69) is 15.0 Å². The number of amides is 1. The average Bonchev–Trinajstić information content (AvgIpc) is 3.23. The van der Waals surface area contributed by atoms with Crippen LogP contribution in [0.3, 0.4) is 0 Å². The minimum Gasteiger partial charge on any atom is -0.465 e. The van der Waals surface area contributed by atoms with Crippen LogP contribution in [0.5, 0.6) is 0 Å². The number of esters is 1. The number of carbonyl (C=O) groups excluding carboxylic acids is 2. The number of carbonyl (C=O) groups is 2. The van der Waals surface area contributed by atoms with Crippen LogP contribution < -0.4 is 10.9 Å². The molecule has 120 valence electrons. The number of H-pyrrole nitrogens is 1. The molecule has 7 heteroatoms. The second-order valence-corrected chi connectivity index (χ2v) is 6.48. The van der Waals surface area contributed by atoms with Crippen LogP contribution in [0.15, 0.2) is 28.5 Å². The standard InChI is InChI=1S/C16H16N2O4S/c1-8-3-4-23-13(8)10-6-11(10)14(19)18-12-5-9(16(21)22-2)7-17-15(12)20/h3-5,7,10-11H,6H2,1-2H3,(H,17,20)(H,18,19)/t10-,11-/m1/s1. The van der Waals surface area contributed by atoms with Crippen LogP contribution in [0.4, 0.5) is 5.69 Å². The molecule has 2 aromatic rings. The summed E-state index contributed by atoms with van der Waals surface area (Å²) >= 11 is 1.65. The van der Waals surface area contributed by atoms with E-state index in [1.165, 1.54) is 29.8 Å². The summed E-state index contributed by atoms with van der Waals surface area (Å²) in [6, 6.07) is 3.37. The van der Waals surface area contributed by atoms with Crippen molar-refractivity contribution in [3.63, 3.8) is 0 Å². The number of hydrogen-bond acceptors (Lipinski definition) is 5. The van der Waals surface area contributed by atoms with Crippen molar-refractivity contribution >= 4 is 28.9 Å². The lowest BCUT2D eigenvalue weighted by molar-refractivity contribution is -0.117. The summed E-state index contributed by atoms with van der Waals surface area (Å²) in [5, 5.41) is 4.63. The zero-order valence-corrected chi connectivity index (χ0v) is 13.5. The van der Waals surface area contributed by atoms with Gasteiger partial charge < -0.3 is 15.0 Å².